The Bertz CT molecular complexity index is 1040. The fourth-order valence-corrected chi connectivity index (χ4v) is 2.83. The molecule has 2 N–H and O–H groups in total. The van der Waals surface area contributed by atoms with Crippen LogP contribution in [0.1, 0.15) is 34.3 Å². The lowest BCUT2D eigenvalue weighted by Gasteiger charge is -2.12. The van der Waals surface area contributed by atoms with Crippen molar-refractivity contribution < 1.29 is 23.6 Å². The van der Waals surface area contributed by atoms with Crippen LogP contribution in [-0.2, 0) is 11.4 Å². The van der Waals surface area contributed by atoms with E-state index in [2.05, 4.69) is 15.8 Å². The number of anilines is 2. The first-order valence-electron chi connectivity index (χ1n) is 9.29. The predicted octanol–water partition coefficient (Wildman–Crippen LogP) is 4.09. The number of nitrogens with zero attached hydrogens (tertiary/aromatic N) is 1. The van der Waals surface area contributed by atoms with Gasteiger partial charge in [-0.15, -0.1) is 0 Å². The molecule has 0 saturated heterocycles. The van der Waals surface area contributed by atoms with Crippen LogP contribution in [-0.4, -0.2) is 24.1 Å². The van der Waals surface area contributed by atoms with Crippen LogP contribution in [0.4, 0.5) is 11.4 Å². The molecule has 0 unspecified atom stereocenters. The van der Waals surface area contributed by atoms with Crippen molar-refractivity contribution >= 4 is 23.2 Å². The summed E-state index contributed by atoms with van der Waals surface area (Å²) in [7, 11) is 1.51. The van der Waals surface area contributed by atoms with Gasteiger partial charge in [-0.05, 0) is 56.3 Å². The highest BCUT2D eigenvalue weighted by Crippen LogP contribution is 2.30. The number of methoxy groups -OCH3 is 1. The lowest BCUT2D eigenvalue weighted by atomic mass is 10.1. The van der Waals surface area contributed by atoms with Gasteiger partial charge < -0.3 is 24.6 Å². The van der Waals surface area contributed by atoms with E-state index < -0.39 is 0 Å². The smallest absolute Gasteiger partial charge is 0.255 e. The number of carbonyl (C=O) groups is 2. The molecule has 0 saturated carbocycles. The Morgan fingerprint density at radius 1 is 1.00 bits per heavy atom. The zero-order valence-electron chi connectivity index (χ0n) is 17.2. The van der Waals surface area contributed by atoms with Crippen molar-refractivity contribution in [3.8, 4) is 11.5 Å². The molecule has 0 aliphatic carbocycles. The Labute approximate surface area is 174 Å². The summed E-state index contributed by atoms with van der Waals surface area (Å²) in [4.78, 5) is 23.7. The van der Waals surface area contributed by atoms with E-state index in [0.29, 0.717) is 34.2 Å². The zero-order chi connectivity index (χ0) is 21.7. The van der Waals surface area contributed by atoms with Gasteiger partial charge in [-0.1, -0.05) is 5.16 Å². The average molecular weight is 409 g/mol. The van der Waals surface area contributed by atoms with Gasteiger partial charge in [0.1, 0.15) is 12.4 Å². The predicted molar refractivity (Wildman–Crippen MR) is 112 cm³/mol. The molecule has 0 bridgehead atoms. The second kappa shape index (κ2) is 9.13. The van der Waals surface area contributed by atoms with Crippen molar-refractivity contribution in [3.63, 3.8) is 0 Å². The first-order chi connectivity index (χ1) is 14.4. The molecular weight excluding hydrogens is 386 g/mol. The molecule has 0 aliphatic rings. The van der Waals surface area contributed by atoms with Gasteiger partial charge in [0.05, 0.1) is 18.4 Å². The first kappa shape index (κ1) is 20.9. The molecule has 3 aromatic rings. The lowest BCUT2D eigenvalue weighted by molar-refractivity contribution is -0.114. The standard InChI is InChI=1S/C22H23N3O5/c1-13-19(14(2)30-25-13)12-29-20-10-5-16(11-21(20)28-4)22(27)24-18-8-6-17(7-9-18)23-15(3)26/h5-11H,12H2,1-4H3,(H,23,26)(H,24,27). The Morgan fingerprint density at radius 3 is 2.23 bits per heavy atom. The summed E-state index contributed by atoms with van der Waals surface area (Å²) in [6.45, 7) is 5.39. The molecule has 3 rings (SSSR count). The van der Waals surface area contributed by atoms with Crippen molar-refractivity contribution in [2.45, 2.75) is 27.4 Å². The number of aromatic nitrogens is 1. The quantitative estimate of drug-likeness (QED) is 0.609. The first-order valence-corrected chi connectivity index (χ1v) is 9.29. The average Bonchev–Trinajstić information content (AvgIpc) is 3.04. The lowest BCUT2D eigenvalue weighted by Crippen LogP contribution is -2.12. The molecule has 1 aromatic heterocycles. The molecule has 156 valence electrons. The van der Waals surface area contributed by atoms with E-state index in [9.17, 15) is 9.59 Å². The van der Waals surface area contributed by atoms with E-state index >= 15 is 0 Å². The maximum Gasteiger partial charge on any atom is 0.255 e. The fraction of sp³-hybridized carbons (Fsp3) is 0.227. The summed E-state index contributed by atoms with van der Waals surface area (Å²) in [6, 6.07) is 11.8. The van der Waals surface area contributed by atoms with E-state index in [4.69, 9.17) is 14.0 Å². The maximum atomic E-state index is 12.6. The number of aryl methyl sites for hydroxylation is 2. The minimum absolute atomic E-state index is 0.157. The van der Waals surface area contributed by atoms with Gasteiger partial charge in [-0.25, -0.2) is 0 Å². The second-order valence-electron chi connectivity index (χ2n) is 6.67. The highest BCUT2D eigenvalue weighted by molar-refractivity contribution is 6.04. The number of carbonyl (C=O) groups excluding carboxylic acids is 2. The summed E-state index contributed by atoms with van der Waals surface area (Å²) in [5, 5.41) is 9.39. The zero-order valence-corrected chi connectivity index (χ0v) is 17.2. The topological polar surface area (TPSA) is 103 Å². The van der Waals surface area contributed by atoms with Crippen molar-refractivity contribution in [2.75, 3.05) is 17.7 Å². The molecule has 30 heavy (non-hydrogen) atoms. The molecule has 0 radical (unpaired) electrons. The van der Waals surface area contributed by atoms with E-state index in [1.54, 1.807) is 42.5 Å². The summed E-state index contributed by atoms with van der Waals surface area (Å²) >= 11 is 0. The van der Waals surface area contributed by atoms with Gasteiger partial charge in [-0.2, -0.15) is 0 Å². The Morgan fingerprint density at radius 2 is 1.67 bits per heavy atom. The third kappa shape index (κ3) is 4.96. The molecule has 1 heterocycles. The van der Waals surface area contributed by atoms with Gasteiger partial charge in [-0.3, -0.25) is 9.59 Å². The van der Waals surface area contributed by atoms with Gasteiger partial charge >= 0.3 is 0 Å². The molecule has 0 spiro atoms. The van der Waals surface area contributed by atoms with Crippen LogP contribution in [0.25, 0.3) is 0 Å². The highest BCUT2D eigenvalue weighted by Gasteiger charge is 2.14. The number of hydrogen-bond acceptors (Lipinski definition) is 6. The molecule has 0 aliphatic heterocycles. The van der Waals surface area contributed by atoms with Gasteiger partial charge in [0.2, 0.25) is 5.91 Å². The summed E-state index contributed by atoms with van der Waals surface area (Å²) < 4.78 is 16.4. The van der Waals surface area contributed by atoms with Crippen LogP contribution in [0.2, 0.25) is 0 Å². The summed E-state index contributed by atoms with van der Waals surface area (Å²) in [5.74, 6) is 1.20. The van der Waals surface area contributed by atoms with Crippen LogP contribution < -0.4 is 20.1 Å². The number of ether oxygens (including phenoxy) is 2. The van der Waals surface area contributed by atoms with Crippen molar-refractivity contribution in [1.29, 1.82) is 0 Å². The largest absolute Gasteiger partial charge is 0.493 e. The van der Waals surface area contributed by atoms with Crippen molar-refractivity contribution in [2.24, 2.45) is 0 Å². The summed E-state index contributed by atoms with van der Waals surface area (Å²) in [6.07, 6.45) is 0. The summed E-state index contributed by atoms with van der Waals surface area (Å²) in [5.41, 5.74) is 3.32. The number of hydrogen-bond donors (Lipinski definition) is 2. The Kier molecular flexibility index (Phi) is 6.36. The van der Waals surface area contributed by atoms with Gasteiger partial charge in [0, 0.05) is 23.9 Å². The van der Waals surface area contributed by atoms with E-state index in [1.165, 1.54) is 14.0 Å². The van der Waals surface area contributed by atoms with Gasteiger partial charge in [0.25, 0.3) is 5.91 Å². The number of nitrogens with one attached hydrogen (secondary N) is 2. The minimum Gasteiger partial charge on any atom is -0.493 e. The Balaban J connectivity index is 1.69. The van der Waals surface area contributed by atoms with E-state index in [-0.39, 0.29) is 18.4 Å². The number of rotatable bonds is 7. The van der Waals surface area contributed by atoms with Crippen molar-refractivity contribution in [3.05, 3.63) is 65.0 Å². The van der Waals surface area contributed by atoms with Crippen molar-refractivity contribution in [1.82, 2.24) is 5.16 Å². The highest BCUT2D eigenvalue weighted by atomic mass is 16.5. The second-order valence-corrected chi connectivity index (χ2v) is 6.67. The molecule has 0 atom stereocenters. The number of amides is 2. The molecule has 0 fully saturated rings. The van der Waals surface area contributed by atoms with Gasteiger partial charge in [0.15, 0.2) is 11.5 Å². The van der Waals surface area contributed by atoms with Crippen LogP contribution in [0.5, 0.6) is 11.5 Å². The molecule has 2 amide bonds. The fourth-order valence-electron chi connectivity index (χ4n) is 2.83. The van der Waals surface area contributed by atoms with E-state index in [1.807, 2.05) is 13.8 Å². The third-order valence-electron chi connectivity index (χ3n) is 4.44. The molecule has 8 nitrogen and oxygen atoms in total. The molecule has 2 aromatic carbocycles. The monoisotopic (exact) mass is 409 g/mol. The van der Waals surface area contributed by atoms with Crippen LogP contribution in [0.15, 0.2) is 47.0 Å². The van der Waals surface area contributed by atoms with Crippen LogP contribution in [0, 0.1) is 13.8 Å². The minimum atomic E-state index is -0.294. The van der Waals surface area contributed by atoms with Crippen LogP contribution >= 0.6 is 0 Å². The SMILES string of the molecule is COc1cc(C(=O)Nc2ccc(NC(C)=O)cc2)ccc1OCc1c(C)noc1C. The van der Waals surface area contributed by atoms with E-state index in [0.717, 1.165) is 11.3 Å². The third-order valence-corrected chi connectivity index (χ3v) is 4.44. The maximum absolute atomic E-state index is 12.6. The normalized spacial score (nSPS) is 10.4. The Hall–Kier alpha value is -3.81. The number of benzene rings is 2. The molecule has 8 heteroatoms. The molecular formula is C22H23N3O5. The van der Waals surface area contributed by atoms with Crippen LogP contribution in [0.3, 0.4) is 0 Å².